The molecule has 4 aromatic rings. The van der Waals surface area contributed by atoms with E-state index in [1.54, 1.807) is 29.2 Å². The molecular weight excluding hydrogens is 514 g/mol. The van der Waals surface area contributed by atoms with Crippen LogP contribution < -0.4 is 31.0 Å². The van der Waals surface area contributed by atoms with Gasteiger partial charge < -0.3 is 34.2 Å². The van der Waals surface area contributed by atoms with Crippen molar-refractivity contribution < 1.29 is 23.5 Å². The summed E-state index contributed by atoms with van der Waals surface area (Å²) in [6.07, 6.45) is 0. The fraction of sp³-hybridized carbons (Fsp3) is 0.250. The second-order valence-electron chi connectivity index (χ2n) is 9.27. The van der Waals surface area contributed by atoms with Gasteiger partial charge in [0.05, 0.1) is 27.4 Å². The number of nitrogens with one attached hydrogen (secondary N) is 2. The molecule has 0 atom stereocenters. The molecule has 9 heteroatoms. The number of ether oxygens (including phenoxy) is 3. The Hall–Kier alpha value is -3.91. The lowest BCUT2D eigenvalue weighted by Gasteiger charge is -2.10. The lowest BCUT2D eigenvalue weighted by molar-refractivity contribution is 0.107. The molecular formula is C32H36B2N2O5. The first kappa shape index (κ1) is 30.1. The van der Waals surface area contributed by atoms with Crippen LogP contribution in [0, 0.1) is 0 Å². The Morgan fingerprint density at radius 3 is 1.41 bits per heavy atom. The standard InChI is InChI=1S/C32H36B2N2O5/c1-37-31-13-9-29(10-14-31)35-17-19-40-33-27-7-3-5-25(21-27)23-39-24-26-6-4-8-28(22-26)34-41-20-18-36-30-11-15-32(38-2)16-12-30/h3-16,21-22,35-36H,17-20,23-24H2,1-2H3. The minimum atomic E-state index is 0.516. The second kappa shape index (κ2) is 17.0. The highest BCUT2D eigenvalue weighted by Crippen LogP contribution is 2.15. The van der Waals surface area contributed by atoms with Gasteiger partial charge in [0.2, 0.25) is 0 Å². The predicted molar refractivity (Wildman–Crippen MR) is 167 cm³/mol. The molecule has 0 aromatic heterocycles. The molecule has 0 heterocycles. The van der Waals surface area contributed by atoms with Gasteiger partial charge in [-0.1, -0.05) is 59.5 Å². The van der Waals surface area contributed by atoms with Crippen LogP contribution in [0.2, 0.25) is 0 Å². The van der Waals surface area contributed by atoms with E-state index in [-0.39, 0.29) is 0 Å². The van der Waals surface area contributed by atoms with Gasteiger partial charge in [-0.25, -0.2) is 0 Å². The Bertz CT molecular complexity index is 1210. The summed E-state index contributed by atoms with van der Waals surface area (Å²) in [7, 11) is 6.89. The quantitative estimate of drug-likeness (QED) is 0.143. The van der Waals surface area contributed by atoms with Crippen molar-refractivity contribution in [3.63, 3.8) is 0 Å². The smallest absolute Gasteiger partial charge is 0.330 e. The van der Waals surface area contributed by atoms with Crippen molar-refractivity contribution in [1.82, 2.24) is 0 Å². The van der Waals surface area contributed by atoms with Crippen LogP contribution in [-0.4, -0.2) is 55.5 Å². The van der Waals surface area contributed by atoms with Crippen molar-refractivity contribution in [2.45, 2.75) is 13.2 Å². The summed E-state index contributed by atoms with van der Waals surface area (Å²) in [6, 6.07) is 32.0. The lowest BCUT2D eigenvalue weighted by atomic mass is 9.87. The first-order valence-electron chi connectivity index (χ1n) is 13.6. The molecule has 0 spiro atoms. The highest BCUT2D eigenvalue weighted by molar-refractivity contribution is 6.47. The van der Waals surface area contributed by atoms with Gasteiger partial charge in [-0.3, -0.25) is 0 Å². The lowest BCUT2D eigenvalue weighted by Crippen LogP contribution is -2.21. The van der Waals surface area contributed by atoms with Crippen molar-refractivity contribution in [3.8, 4) is 11.5 Å². The zero-order chi connectivity index (χ0) is 28.5. The van der Waals surface area contributed by atoms with E-state index in [9.17, 15) is 0 Å². The molecule has 2 N–H and O–H groups in total. The molecule has 0 aliphatic rings. The van der Waals surface area contributed by atoms with Gasteiger partial charge in [0.15, 0.2) is 0 Å². The Kier molecular flexibility index (Phi) is 12.5. The topological polar surface area (TPSA) is 70.2 Å². The fourth-order valence-electron chi connectivity index (χ4n) is 4.04. The van der Waals surface area contributed by atoms with E-state index in [0.29, 0.717) is 39.5 Å². The van der Waals surface area contributed by atoms with E-state index in [1.165, 1.54) is 0 Å². The SMILES string of the molecule is COc1ccc(NCCO[B]c2cccc(COCc3cccc([B]OCCNc4ccc(OC)cc4)c3)c2)cc1. The average Bonchev–Trinajstić information content (AvgIpc) is 3.02. The van der Waals surface area contributed by atoms with Gasteiger partial charge in [-0.15, -0.1) is 0 Å². The second-order valence-corrected chi connectivity index (χ2v) is 9.27. The van der Waals surface area contributed by atoms with Gasteiger partial charge in [-0.2, -0.15) is 0 Å². The molecule has 0 fully saturated rings. The minimum absolute atomic E-state index is 0.516. The molecule has 2 radical (unpaired) electrons. The maximum absolute atomic E-state index is 5.99. The van der Waals surface area contributed by atoms with Crippen molar-refractivity contribution >= 4 is 37.3 Å². The molecule has 0 unspecified atom stereocenters. The van der Waals surface area contributed by atoms with Gasteiger partial charge in [0.1, 0.15) is 11.5 Å². The molecule has 210 valence electrons. The molecule has 0 aliphatic carbocycles. The van der Waals surface area contributed by atoms with Crippen LogP contribution >= 0.6 is 0 Å². The Balaban J connectivity index is 1.10. The van der Waals surface area contributed by atoms with Crippen molar-refractivity contribution in [2.24, 2.45) is 0 Å². The number of rotatable bonds is 18. The zero-order valence-corrected chi connectivity index (χ0v) is 23.7. The van der Waals surface area contributed by atoms with E-state index >= 15 is 0 Å². The predicted octanol–water partition coefficient (Wildman–Crippen LogP) is 4.17. The monoisotopic (exact) mass is 550 g/mol. The van der Waals surface area contributed by atoms with Gasteiger partial charge in [-0.05, 0) is 59.7 Å². The minimum Gasteiger partial charge on any atom is -0.497 e. The van der Waals surface area contributed by atoms with Crippen LogP contribution in [0.5, 0.6) is 11.5 Å². The van der Waals surface area contributed by atoms with E-state index in [2.05, 4.69) is 34.9 Å². The summed E-state index contributed by atoms with van der Waals surface area (Å²) in [5.74, 6) is 1.68. The van der Waals surface area contributed by atoms with E-state index in [1.807, 2.05) is 72.8 Å². The highest BCUT2D eigenvalue weighted by atomic mass is 16.5. The molecule has 4 rings (SSSR count). The first-order chi connectivity index (χ1) is 20.2. The van der Waals surface area contributed by atoms with Crippen LogP contribution in [0.25, 0.3) is 0 Å². The van der Waals surface area contributed by atoms with Gasteiger partial charge >= 0.3 is 15.0 Å². The molecule has 41 heavy (non-hydrogen) atoms. The maximum Gasteiger partial charge on any atom is 0.330 e. The van der Waals surface area contributed by atoms with E-state index in [4.69, 9.17) is 23.5 Å². The summed E-state index contributed by atoms with van der Waals surface area (Å²) in [5.41, 5.74) is 6.25. The molecule has 0 aliphatic heterocycles. The van der Waals surface area contributed by atoms with Crippen LogP contribution in [-0.2, 0) is 27.3 Å². The Morgan fingerprint density at radius 1 is 0.561 bits per heavy atom. The third-order valence-electron chi connectivity index (χ3n) is 6.16. The number of anilines is 2. The van der Waals surface area contributed by atoms with Crippen LogP contribution in [0.15, 0.2) is 97.1 Å². The van der Waals surface area contributed by atoms with E-state index in [0.717, 1.165) is 44.9 Å². The Morgan fingerprint density at radius 2 is 1.00 bits per heavy atom. The van der Waals surface area contributed by atoms with Crippen molar-refractivity contribution in [1.29, 1.82) is 0 Å². The van der Waals surface area contributed by atoms with Crippen LogP contribution in [0.4, 0.5) is 11.4 Å². The summed E-state index contributed by atoms with van der Waals surface area (Å²) < 4.78 is 27.8. The largest absolute Gasteiger partial charge is 0.497 e. The average molecular weight is 550 g/mol. The molecule has 0 bridgehead atoms. The number of methoxy groups -OCH3 is 2. The van der Waals surface area contributed by atoms with Gasteiger partial charge in [0.25, 0.3) is 0 Å². The Labute approximate surface area is 244 Å². The number of hydrogen-bond acceptors (Lipinski definition) is 7. The van der Waals surface area contributed by atoms with Gasteiger partial charge in [0, 0.05) is 37.7 Å². The number of benzene rings is 4. The van der Waals surface area contributed by atoms with Crippen molar-refractivity contribution in [2.75, 3.05) is 51.2 Å². The number of hydrogen-bond donors (Lipinski definition) is 2. The van der Waals surface area contributed by atoms with Crippen molar-refractivity contribution in [3.05, 3.63) is 108 Å². The summed E-state index contributed by atoms with van der Waals surface area (Å²) in [4.78, 5) is 0. The molecule has 0 saturated carbocycles. The zero-order valence-electron chi connectivity index (χ0n) is 23.7. The van der Waals surface area contributed by atoms with Crippen LogP contribution in [0.1, 0.15) is 11.1 Å². The highest BCUT2D eigenvalue weighted by Gasteiger charge is 2.03. The first-order valence-corrected chi connectivity index (χ1v) is 13.6. The van der Waals surface area contributed by atoms with E-state index < -0.39 is 0 Å². The maximum atomic E-state index is 5.99. The molecule has 0 amide bonds. The summed E-state index contributed by atoms with van der Waals surface area (Å²) in [6.45, 7) is 3.55. The molecule has 0 saturated heterocycles. The third-order valence-corrected chi connectivity index (χ3v) is 6.16. The fourth-order valence-corrected chi connectivity index (χ4v) is 4.04. The normalized spacial score (nSPS) is 10.6. The summed E-state index contributed by atoms with van der Waals surface area (Å²) in [5, 5.41) is 6.66. The van der Waals surface area contributed by atoms with Crippen LogP contribution in [0.3, 0.4) is 0 Å². The molecule has 4 aromatic carbocycles. The molecule has 7 nitrogen and oxygen atoms in total. The summed E-state index contributed by atoms with van der Waals surface area (Å²) >= 11 is 0. The third kappa shape index (κ3) is 10.9.